The molecule has 2 amide bonds. The van der Waals surface area contributed by atoms with E-state index < -0.39 is 6.04 Å². The van der Waals surface area contributed by atoms with Gasteiger partial charge in [-0.05, 0) is 51.3 Å². The number of aryl methyl sites for hydroxylation is 1. The van der Waals surface area contributed by atoms with Crippen LogP contribution in [0.2, 0.25) is 5.02 Å². The number of anilines is 2. The van der Waals surface area contributed by atoms with Crippen LogP contribution in [0.15, 0.2) is 24.4 Å². The summed E-state index contributed by atoms with van der Waals surface area (Å²) in [7, 11) is 0. The predicted molar refractivity (Wildman–Crippen MR) is 128 cm³/mol. The summed E-state index contributed by atoms with van der Waals surface area (Å²) in [6.45, 7) is 6.44. The molecular formula is C23H31ClN4O2S. The van der Waals surface area contributed by atoms with Crippen molar-refractivity contribution in [1.82, 2.24) is 10.3 Å². The van der Waals surface area contributed by atoms with E-state index in [9.17, 15) is 9.59 Å². The van der Waals surface area contributed by atoms with Crippen molar-refractivity contribution >= 4 is 45.9 Å². The maximum atomic E-state index is 12.8. The molecule has 2 N–H and O–H groups in total. The average Bonchev–Trinajstić information content (AvgIpc) is 3.43. The fourth-order valence-corrected chi connectivity index (χ4v) is 5.33. The molecule has 0 saturated heterocycles. The summed E-state index contributed by atoms with van der Waals surface area (Å²) in [6, 6.07) is 5.32. The van der Waals surface area contributed by atoms with Gasteiger partial charge in [0.15, 0.2) is 0 Å². The number of hydrogen-bond acceptors (Lipinski definition) is 5. The van der Waals surface area contributed by atoms with E-state index in [4.69, 9.17) is 11.6 Å². The Labute approximate surface area is 193 Å². The smallest absolute Gasteiger partial charge is 0.243 e. The standard InChI is InChI=1S/C23H31ClN4O2S/c1-4-25-23(30)20(11-17-7-5-6-8-17)28(14-29)22-10-9-21(31-22)16(3)27-19-12-18(24)13-26-15(19)2/h9-10,12-14,16-17,20,27H,4-8,11H2,1-3H3,(H,25,30)/t16-,20-/m0/s1. The zero-order valence-electron chi connectivity index (χ0n) is 18.4. The molecule has 0 bridgehead atoms. The Hall–Kier alpha value is -2.12. The molecule has 0 aromatic carbocycles. The van der Waals surface area contributed by atoms with Gasteiger partial charge in [0.2, 0.25) is 12.3 Å². The van der Waals surface area contributed by atoms with E-state index in [1.165, 1.54) is 24.2 Å². The first-order valence-corrected chi connectivity index (χ1v) is 12.1. The topological polar surface area (TPSA) is 74.3 Å². The monoisotopic (exact) mass is 462 g/mol. The highest BCUT2D eigenvalue weighted by Crippen LogP contribution is 2.35. The summed E-state index contributed by atoms with van der Waals surface area (Å²) in [5.74, 6) is 0.414. The third-order valence-electron chi connectivity index (χ3n) is 5.85. The quantitative estimate of drug-likeness (QED) is 0.468. The molecule has 168 valence electrons. The summed E-state index contributed by atoms with van der Waals surface area (Å²) in [5, 5.41) is 7.72. The van der Waals surface area contributed by atoms with Crippen molar-refractivity contribution < 1.29 is 9.59 Å². The lowest BCUT2D eigenvalue weighted by atomic mass is 9.97. The molecule has 1 saturated carbocycles. The van der Waals surface area contributed by atoms with Crippen LogP contribution < -0.4 is 15.5 Å². The van der Waals surface area contributed by atoms with E-state index >= 15 is 0 Å². The number of likely N-dealkylation sites (N-methyl/N-ethyl adjacent to an activating group) is 1. The number of nitrogens with one attached hydrogen (secondary N) is 2. The van der Waals surface area contributed by atoms with E-state index in [2.05, 4.69) is 22.5 Å². The van der Waals surface area contributed by atoms with Crippen LogP contribution >= 0.6 is 22.9 Å². The Morgan fingerprint density at radius 3 is 2.81 bits per heavy atom. The third-order valence-corrected chi connectivity index (χ3v) is 7.34. The maximum absolute atomic E-state index is 12.8. The molecule has 0 radical (unpaired) electrons. The van der Waals surface area contributed by atoms with Crippen LogP contribution in [0.25, 0.3) is 0 Å². The molecule has 0 spiro atoms. The molecule has 1 aliphatic rings. The first-order valence-electron chi connectivity index (χ1n) is 10.9. The minimum Gasteiger partial charge on any atom is -0.376 e. The second kappa shape index (κ2) is 11.0. The van der Waals surface area contributed by atoms with Gasteiger partial charge in [-0.15, -0.1) is 11.3 Å². The average molecular weight is 463 g/mol. The van der Waals surface area contributed by atoms with Gasteiger partial charge in [0.1, 0.15) is 6.04 Å². The van der Waals surface area contributed by atoms with Crippen molar-refractivity contribution in [3.8, 4) is 0 Å². The number of aromatic nitrogens is 1. The minimum absolute atomic E-state index is 0.00368. The van der Waals surface area contributed by atoms with Gasteiger partial charge in [0.25, 0.3) is 0 Å². The van der Waals surface area contributed by atoms with Gasteiger partial charge < -0.3 is 10.6 Å². The van der Waals surface area contributed by atoms with Crippen LogP contribution in [0, 0.1) is 12.8 Å². The number of thiophene rings is 1. The highest BCUT2D eigenvalue weighted by Gasteiger charge is 2.31. The molecule has 2 aromatic heterocycles. The van der Waals surface area contributed by atoms with Gasteiger partial charge in [-0.25, -0.2) is 0 Å². The van der Waals surface area contributed by atoms with E-state index in [0.717, 1.165) is 40.5 Å². The van der Waals surface area contributed by atoms with Gasteiger partial charge in [-0.1, -0.05) is 37.3 Å². The van der Waals surface area contributed by atoms with Gasteiger partial charge in [0.05, 0.1) is 27.4 Å². The number of pyridine rings is 1. The lowest BCUT2D eigenvalue weighted by Gasteiger charge is -2.28. The summed E-state index contributed by atoms with van der Waals surface area (Å²) in [4.78, 5) is 31.9. The lowest BCUT2D eigenvalue weighted by molar-refractivity contribution is -0.124. The zero-order chi connectivity index (χ0) is 22.4. The van der Waals surface area contributed by atoms with Gasteiger partial charge in [0, 0.05) is 17.6 Å². The van der Waals surface area contributed by atoms with Crippen molar-refractivity contribution in [1.29, 1.82) is 0 Å². The number of amides is 2. The van der Waals surface area contributed by atoms with Crippen LogP contribution in [-0.2, 0) is 9.59 Å². The Morgan fingerprint density at radius 2 is 2.13 bits per heavy atom. The second-order valence-electron chi connectivity index (χ2n) is 8.14. The van der Waals surface area contributed by atoms with E-state index in [1.54, 1.807) is 11.1 Å². The largest absolute Gasteiger partial charge is 0.376 e. The van der Waals surface area contributed by atoms with E-state index in [-0.39, 0.29) is 11.9 Å². The SMILES string of the molecule is CCNC(=O)[C@H](CC1CCCC1)N(C=O)c1ccc([C@H](C)Nc2cc(Cl)cnc2C)s1. The summed E-state index contributed by atoms with van der Waals surface area (Å²) >= 11 is 7.61. The normalized spacial score (nSPS) is 16.0. The molecule has 3 rings (SSSR count). The molecule has 2 aromatic rings. The number of carbonyl (C=O) groups excluding carboxylic acids is 2. The Morgan fingerprint density at radius 1 is 1.39 bits per heavy atom. The van der Waals surface area contributed by atoms with Crippen LogP contribution in [0.5, 0.6) is 0 Å². The highest BCUT2D eigenvalue weighted by molar-refractivity contribution is 7.16. The molecular weight excluding hydrogens is 432 g/mol. The molecule has 2 heterocycles. The molecule has 8 heteroatoms. The fourth-order valence-electron chi connectivity index (χ4n) is 4.15. The van der Waals surface area contributed by atoms with Crippen LogP contribution in [0.4, 0.5) is 10.7 Å². The van der Waals surface area contributed by atoms with Crippen molar-refractivity contribution in [3.63, 3.8) is 0 Å². The number of carbonyl (C=O) groups is 2. The van der Waals surface area contributed by atoms with Crippen LogP contribution in [0.3, 0.4) is 0 Å². The van der Waals surface area contributed by atoms with Crippen molar-refractivity contribution in [2.45, 2.75) is 65.0 Å². The van der Waals surface area contributed by atoms with Crippen LogP contribution in [0.1, 0.15) is 62.6 Å². The number of halogens is 1. The third kappa shape index (κ3) is 5.98. The number of nitrogens with zero attached hydrogens (tertiary/aromatic N) is 2. The molecule has 0 aliphatic heterocycles. The molecule has 31 heavy (non-hydrogen) atoms. The summed E-state index contributed by atoms with van der Waals surface area (Å²) in [5.41, 5.74) is 1.75. The number of rotatable bonds is 10. The van der Waals surface area contributed by atoms with Gasteiger partial charge in [-0.2, -0.15) is 0 Å². The molecule has 6 nitrogen and oxygen atoms in total. The summed E-state index contributed by atoms with van der Waals surface area (Å²) < 4.78 is 0. The summed E-state index contributed by atoms with van der Waals surface area (Å²) in [6.07, 6.45) is 7.81. The molecule has 1 fully saturated rings. The maximum Gasteiger partial charge on any atom is 0.243 e. The fraction of sp³-hybridized carbons (Fsp3) is 0.522. The number of hydrogen-bond donors (Lipinski definition) is 2. The highest BCUT2D eigenvalue weighted by atomic mass is 35.5. The molecule has 2 atom stereocenters. The Kier molecular flexibility index (Phi) is 8.32. The Bertz CT molecular complexity index is 897. The lowest BCUT2D eigenvalue weighted by Crippen LogP contribution is -2.47. The van der Waals surface area contributed by atoms with Crippen molar-refractivity contribution in [2.75, 3.05) is 16.8 Å². The predicted octanol–water partition coefficient (Wildman–Crippen LogP) is 5.33. The van der Waals surface area contributed by atoms with Gasteiger partial charge in [-0.3, -0.25) is 19.5 Å². The minimum atomic E-state index is -0.477. The van der Waals surface area contributed by atoms with Gasteiger partial charge >= 0.3 is 0 Å². The molecule has 0 unspecified atom stereocenters. The second-order valence-corrected chi connectivity index (χ2v) is 9.67. The van der Waals surface area contributed by atoms with Crippen molar-refractivity contribution in [3.05, 3.63) is 40.0 Å². The Balaban J connectivity index is 1.78. The van der Waals surface area contributed by atoms with Crippen molar-refractivity contribution in [2.24, 2.45) is 5.92 Å². The van der Waals surface area contributed by atoms with E-state index in [1.807, 2.05) is 32.0 Å². The first-order chi connectivity index (χ1) is 14.9. The van der Waals surface area contributed by atoms with Crippen LogP contribution in [-0.4, -0.2) is 29.9 Å². The first kappa shape index (κ1) is 23.5. The molecule has 1 aliphatic carbocycles. The zero-order valence-corrected chi connectivity index (χ0v) is 19.9. The van der Waals surface area contributed by atoms with E-state index in [0.29, 0.717) is 23.9 Å².